The van der Waals surface area contributed by atoms with Crippen molar-refractivity contribution in [3.63, 3.8) is 0 Å². The van der Waals surface area contributed by atoms with Gasteiger partial charge in [0.05, 0.1) is 6.21 Å². The van der Waals surface area contributed by atoms with E-state index in [1.165, 1.54) is 0 Å². The molecule has 0 unspecified atom stereocenters. The zero-order chi connectivity index (χ0) is 15.9. The van der Waals surface area contributed by atoms with Crippen LogP contribution >= 0.6 is 27.5 Å². The minimum Gasteiger partial charge on any atom is -0.383 e. The number of hydrogen-bond acceptors (Lipinski definition) is 3. The summed E-state index contributed by atoms with van der Waals surface area (Å²) >= 11 is 9.27. The number of hydrogen-bond donors (Lipinski definition) is 1. The summed E-state index contributed by atoms with van der Waals surface area (Å²) < 4.78 is 0.901. The van der Waals surface area contributed by atoms with Crippen LogP contribution in [-0.4, -0.2) is 18.2 Å². The van der Waals surface area contributed by atoms with E-state index in [2.05, 4.69) is 26.4 Å². The number of oxime groups is 1. The summed E-state index contributed by atoms with van der Waals surface area (Å²) in [5.41, 5.74) is 1.48. The summed E-state index contributed by atoms with van der Waals surface area (Å²) in [7, 11) is 0. The van der Waals surface area contributed by atoms with E-state index < -0.39 is 6.10 Å². The van der Waals surface area contributed by atoms with Gasteiger partial charge in [-0.05, 0) is 31.2 Å². The second-order valence-corrected chi connectivity index (χ2v) is 5.79. The fraction of sp³-hybridized carbons (Fsp3) is 0.125. The molecule has 0 spiro atoms. The van der Waals surface area contributed by atoms with Crippen LogP contribution in [0.1, 0.15) is 12.5 Å². The smallest absolute Gasteiger partial charge is 0.267 e. The number of amides is 1. The van der Waals surface area contributed by atoms with Crippen LogP contribution in [0.15, 0.2) is 58.2 Å². The van der Waals surface area contributed by atoms with Crippen LogP contribution in [-0.2, 0) is 9.63 Å². The zero-order valence-corrected chi connectivity index (χ0v) is 14.1. The second kappa shape index (κ2) is 7.96. The van der Waals surface area contributed by atoms with Crippen LogP contribution in [0, 0.1) is 0 Å². The van der Waals surface area contributed by atoms with Crippen LogP contribution in [0.4, 0.5) is 5.69 Å². The largest absolute Gasteiger partial charge is 0.383 e. The topological polar surface area (TPSA) is 50.7 Å². The van der Waals surface area contributed by atoms with Crippen LogP contribution in [0.2, 0.25) is 5.02 Å². The van der Waals surface area contributed by atoms with E-state index in [1.54, 1.807) is 37.4 Å². The molecule has 0 aliphatic heterocycles. The van der Waals surface area contributed by atoms with Gasteiger partial charge in [0.1, 0.15) is 0 Å². The molecule has 0 fully saturated rings. The van der Waals surface area contributed by atoms with Gasteiger partial charge in [0.25, 0.3) is 5.91 Å². The van der Waals surface area contributed by atoms with Crippen LogP contribution in [0.5, 0.6) is 0 Å². The third kappa shape index (κ3) is 4.86. The first-order valence-corrected chi connectivity index (χ1v) is 7.73. The molecule has 1 N–H and O–H groups in total. The molecule has 0 bridgehead atoms. The van der Waals surface area contributed by atoms with Gasteiger partial charge in [-0.2, -0.15) is 0 Å². The predicted octanol–water partition coefficient (Wildman–Crippen LogP) is 4.48. The minimum atomic E-state index is -0.724. The molecular formula is C16H14BrClN2O2. The van der Waals surface area contributed by atoms with Crippen molar-refractivity contribution in [2.75, 3.05) is 5.32 Å². The SMILES string of the molecule is C[C@H](O/N=C\c1ccccc1Br)C(=O)Nc1cccc(Cl)c1. The summed E-state index contributed by atoms with van der Waals surface area (Å²) in [6, 6.07) is 14.5. The van der Waals surface area contributed by atoms with Gasteiger partial charge in [0.15, 0.2) is 0 Å². The molecule has 0 radical (unpaired) electrons. The molecule has 6 heteroatoms. The molecule has 2 rings (SSSR count). The van der Waals surface area contributed by atoms with E-state index in [4.69, 9.17) is 16.4 Å². The van der Waals surface area contributed by atoms with E-state index in [-0.39, 0.29) is 5.91 Å². The van der Waals surface area contributed by atoms with E-state index in [0.717, 1.165) is 10.0 Å². The summed E-state index contributed by atoms with van der Waals surface area (Å²) in [5.74, 6) is -0.299. The average molecular weight is 382 g/mol. The Morgan fingerprint density at radius 2 is 2.09 bits per heavy atom. The maximum Gasteiger partial charge on any atom is 0.267 e. The van der Waals surface area contributed by atoms with Crippen molar-refractivity contribution in [1.29, 1.82) is 0 Å². The molecular weight excluding hydrogens is 368 g/mol. The molecule has 2 aromatic carbocycles. The maximum atomic E-state index is 12.0. The highest BCUT2D eigenvalue weighted by atomic mass is 79.9. The Bertz CT molecular complexity index is 691. The number of carbonyl (C=O) groups excluding carboxylic acids is 1. The highest BCUT2D eigenvalue weighted by Crippen LogP contribution is 2.16. The van der Waals surface area contributed by atoms with Gasteiger partial charge < -0.3 is 10.2 Å². The summed E-state index contributed by atoms with van der Waals surface area (Å²) in [6.07, 6.45) is 0.825. The molecule has 0 saturated heterocycles. The normalized spacial score (nSPS) is 12.1. The van der Waals surface area contributed by atoms with Gasteiger partial charge in [-0.3, -0.25) is 4.79 Å². The average Bonchev–Trinajstić information content (AvgIpc) is 2.49. The van der Waals surface area contributed by atoms with Crippen molar-refractivity contribution in [2.24, 2.45) is 5.16 Å². The Morgan fingerprint density at radius 1 is 1.32 bits per heavy atom. The Hall–Kier alpha value is -1.85. The van der Waals surface area contributed by atoms with Crippen molar-refractivity contribution in [2.45, 2.75) is 13.0 Å². The number of anilines is 1. The van der Waals surface area contributed by atoms with Crippen LogP contribution in [0.25, 0.3) is 0 Å². The van der Waals surface area contributed by atoms with Crippen molar-refractivity contribution in [3.8, 4) is 0 Å². The van der Waals surface area contributed by atoms with Crippen LogP contribution in [0.3, 0.4) is 0 Å². The van der Waals surface area contributed by atoms with Crippen molar-refractivity contribution in [3.05, 3.63) is 63.6 Å². The van der Waals surface area contributed by atoms with E-state index in [0.29, 0.717) is 10.7 Å². The van der Waals surface area contributed by atoms with E-state index in [9.17, 15) is 4.79 Å². The summed E-state index contributed by atoms with van der Waals surface area (Å²) in [4.78, 5) is 17.1. The first-order chi connectivity index (χ1) is 10.6. The second-order valence-electron chi connectivity index (χ2n) is 4.50. The van der Waals surface area contributed by atoms with Crippen molar-refractivity contribution in [1.82, 2.24) is 0 Å². The Balaban J connectivity index is 1.90. The molecule has 114 valence electrons. The van der Waals surface area contributed by atoms with Gasteiger partial charge in [0.2, 0.25) is 6.10 Å². The number of carbonyl (C=O) groups is 1. The molecule has 0 heterocycles. The Labute approximate surface area is 142 Å². The third-order valence-electron chi connectivity index (χ3n) is 2.78. The molecule has 1 amide bonds. The highest BCUT2D eigenvalue weighted by molar-refractivity contribution is 9.10. The molecule has 0 aromatic heterocycles. The fourth-order valence-electron chi connectivity index (χ4n) is 1.62. The Morgan fingerprint density at radius 3 is 2.82 bits per heavy atom. The first-order valence-electron chi connectivity index (χ1n) is 6.56. The highest BCUT2D eigenvalue weighted by Gasteiger charge is 2.14. The van der Waals surface area contributed by atoms with Crippen LogP contribution < -0.4 is 5.32 Å². The number of nitrogens with one attached hydrogen (secondary N) is 1. The van der Waals surface area contributed by atoms with Crippen molar-refractivity contribution >= 4 is 45.3 Å². The van der Waals surface area contributed by atoms with E-state index >= 15 is 0 Å². The van der Waals surface area contributed by atoms with Gasteiger partial charge >= 0.3 is 0 Å². The fourth-order valence-corrected chi connectivity index (χ4v) is 2.19. The Kier molecular flexibility index (Phi) is 5.98. The lowest BCUT2D eigenvalue weighted by Gasteiger charge is -2.10. The first kappa shape index (κ1) is 16.5. The minimum absolute atomic E-state index is 0.299. The lowest BCUT2D eigenvalue weighted by atomic mass is 10.2. The quantitative estimate of drug-likeness (QED) is 0.613. The van der Waals surface area contributed by atoms with Gasteiger partial charge in [-0.25, -0.2) is 0 Å². The molecule has 0 aliphatic carbocycles. The lowest BCUT2D eigenvalue weighted by molar-refractivity contribution is -0.126. The number of rotatable bonds is 5. The third-order valence-corrected chi connectivity index (χ3v) is 3.73. The monoisotopic (exact) mass is 380 g/mol. The molecule has 4 nitrogen and oxygen atoms in total. The standard InChI is InChI=1S/C16H14BrClN2O2/c1-11(16(21)20-14-7-4-6-13(18)9-14)22-19-10-12-5-2-3-8-15(12)17/h2-11H,1H3,(H,20,21)/b19-10-/t11-/m0/s1. The maximum absolute atomic E-state index is 12.0. The molecule has 22 heavy (non-hydrogen) atoms. The zero-order valence-electron chi connectivity index (χ0n) is 11.8. The van der Waals surface area contributed by atoms with Gasteiger partial charge in [-0.1, -0.05) is 57.0 Å². The number of nitrogens with zero attached hydrogens (tertiary/aromatic N) is 1. The number of benzene rings is 2. The molecule has 1 atom stereocenters. The van der Waals surface area contributed by atoms with Gasteiger partial charge in [0, 0.05) is 20.7 Å². The summed E-state index contributed by atoms with van der Waals surface area (Å²) in [5, 5.41) is 7.11. The predicted molar refractivity (Wildman–Crippen MR) is 92.4 cm³/mol. The summed E-state index contributed by atoms with van der Waals surface area (Å²) in [6.45, 7) is 1.62. The van der Waals surface area contributed by atoms with Crippen molar-refractivity contribution < 1.29 is 9.63 Å². The lowest BCUT2D eigenvalue weighted by Crippen LogP contribution is -2.26. The molecule has 2 aromatic rings. The molecule has 0 aliphatic rings. The van der Waals surface area contributed by atoms with E-state index in [1.807, 2.05) is 24.3 Å². The molecule has 0 saturated carbocycles. The number of halogens is 2. The van der Waals surface area contributed by atoms with Gasteiger partial charge in [-0.15, -0.1) is 0 Å².